The van der Waals surface area contributed by atoms with Crippen molar-refractivity contribution in [2.75, 3.05) is 7.05 Å². The van der Waals surface area contributed by atoms with Gasteiger partial charge in [-0.1, -0.05) is 0 Å². The zero-order valence-corrected chi connectivity index (χ0v) is 11.5. The van der Waals surface area contributed by atoms with Crippen molar-refractivity contribution in [1.82, 2.24) is 20.4 Å². The van der Waals surface area contributed by atoms with Crippen LogP contribution in [0.15, 0.2) is 12.1 Å². The number of likely N-dealkylation sites (N-methyl/N-ethyl adjacent to an activating group) is 1. The SMILES string of the molecule is CN1C(=O)NC(c2ccc(I)nn2)C1(C)C. The van der Waals surface area contributed by atoms with Gasteiger partial charge >= 0.3 is 6.03 Å². The molecule has 16 heavy (non-hydrogen) atoms. The molecule has 0 aliphatic carbocycles. The third kappa shape index (κ3) is 1.74. The molecule has 1 aromatic heterocycles. The zero-order valence-electron chi connectivity index (χ0n) is 9.36. The minimum atomic E-state index is -0.293. The molecule has 2 amide bonds. The Hall–Kier alpha value is -0.920. The molecule has 5 nitrogen and oxygen atoms in total. The molecule has 2 heterocycles. The molecule has 0 radical (unpaired) electrons. The maximum absolute atomic E-state index is 11.6. The van der Waals surface area contributed by atoms with Gasteiger partial charge in [0.05, 0.1) is 17.3 Å². The first kappa shape index (κ1) is 11.6. The molecule has 0 bridgehead atoms. The Kier molecular flexibility index (Phi) is 2.77. The topological polar surface area (TPSA) is 58.1 Å². The maximum Gasteiger partial charge on any atom is 0.318 e. The standard InChI is InChI=1S/C10H13IN4O/c1-10(2)8(12-9(16)15(10)3)6-4-5-7(11)14-13-6/h4-5,8H,1-3H3,(H,12,16). The maximum atomic E-state index is 11.6. The highest BCUT2D eigenvalue weighted by atomic mass is 127. The fourth-order valence-electron chi connectivity index (χ4n) is 1.77. The molecule has 2 rings (SSSR count). The molecule has 1 atom stereocenters. The first-order valence-corrected chi connectivity index (χ1v) is 6.04. The molecular weight excluding hydrogens is 319 g/mol. The van der Waals surface area contributed by atoms with Crippen LogP contribution in [-0.4, -0.2) is 33.7 Å². The molecule has 1 saturated heterocycles. The number of hydrogen-bond acceptors (Lipinski definition) is 3. The van der Waals surface area contributed by atoms with Crippen molar-refractivity contribution >= 4 is 28.6 Å². The minimum Gasteiger partial charge on any atom is -0.327 e. The molecule has 0 aromatic carbocycles. The number of halogens is 1. The average Bonchev–Trinajstić information content (AvgIpc) is 2.44. The number of amides is 2. The van der Waals surface area contributed by atoms with E-state index in [0.29, 0.717) is 0 Å². The Morgan fingerprint density at radius 2 is 2.12 bits per heavy atom. The first-order chi connectivity index (χ1) is 7.43. The number of hydrogen-bond donors (Lipinski definition) is 1. The summed E-state index contributed by atoms with van der Waals surface area (Å²) in [5.74, 6) is 0. The van der Waals surface area contributed by atoms with Crippen molar-refractivity contribution in [2.45, 2.75) is 25.4 Å². The van der Waals surface area contributed by atoms with Crippen molar-refractivity contribution in [3.63, 3.8) is 0 Å². The van der Waals surface area contributed by atoms with E-state index in [1.54, 1.807) is 11.9 Å². The van der Waals surface area contributed by atoms with Crippen molar-refractivity contribution < 1.29 is 4.79 Å². The fourth-order valence-corrected chi connectivity index (χ4v) is 2.06. The van der Waals surface area contributed by atoms with E-state index in [2.05, 4.69) is 38.1 Å². The number of nitrogens with zero attached hydrogens (tertiary/aromatic N) is 3. The second kappa shape index (κ2) is 3.83. The van der Waals surface area contributed by atoms with E-state index in [1.807, 2.05) is 26.0 Å². The third-order valence-electron chi connectivity index (χ3n) is 3.09. The van der Waals surface area contributed by atoms with Gasteiger partial charge in [-0.25, -0.2) is 4.79 Å². The molecule has 1 fully saturated rings. The lowest BCUT2D eigenvalue weighted by atomic mass is 9.93. The van der Waals surface area contributed by atoms with Gasteiger partial charge in [0.2, 0.25) is 0 Å². The monoisotopic (exact) mass is 332 g/mol. The lowest BCUT2D eigenvalue weighted by Crippen LogP contribution is -2.40. The second-order valence-corrected chi connectivity index (χ2v) is 5.48. The van der Waals surface area contributed by atoms with Gasteiger partial charge in [0, 0.05) is 7.05 Å². The predicted octanol–water partition coefficient (Wildman–Crippen LogP) is 1.56. The summed E-state index contributed by atoms with van der Waals surface area (Å²) in [4.78, 5) is 13.3. The van der Waals surface area contributed by atoms with Crippen LogP contribution in [0.25, 0.3) is 0 Å². The van der Waals surface area contributed by atoms with Gasteiger partial charge in [-0.3, -0.25) is 0 Å². The van der Waals surface area contributed by atoms with E-state index >= 15 is 0 Å². The molecule has 1 aromatic rings. The van der Waals surface area contributed by atoms with E-state index in [-0.39, 0.29) is 17.6 Å². The fraction of sp³-hybridized carbons (Fsp3) is 0.500. The van der Waals surface area contributed by atoms with Crippen LogP contribution in [0.1, 0.15) is 25.6 Å². The van der Waals surface area contributed by atoms with Crippen LogP contribution in [0.2, 0.25) is 0 Å². The normalized spacial score (nSPS) is 23.4. The van der Waals surface area contributed by atoms with Crippen molar-refractivity contribution in [3.8, 4) is 0 Å². The summed E-state index contributed by atoms with van der Waals surface area (Å²) in [6, 6.07) is 3.61. The zero-order chi connectivity index (χ0) is 11.9. The van der Waals surface area contributed by atoms with Crippen LogP contribution in [0.4, 0.5) is 4.79 Å². The van der Waals surface area contributed by atoms with Gasteiger partial charge in [-0.15, -0.1) is 5.10 Å². The van der Waals surface area contributed by atoms with Gasteiger partial charge in [-0.2, -0.15) is 5.10 Å². The largest absolute Gasteiger partial charge is 0.327 e. The number of carbonyl (C=O) groups is 1. The number of rotatable bonds is 1. The minimum absolute atomic E-state index is 0.0737. The Bertz CT molecular complexity index is 417. The second-order valence-electron chi connectivity index (χ2n) is 4.38. The van der Waals surface area contributed by atoms with Gasteiger partial charge in [0.1, 0.15) is 3.70 Å². The van der Waals surface area contributed by atoms with Crippen LogP contribution in [-0.2, 0) is 0 Å². The summed E-state index contributed by atoms with van der Waals surface area (Å²) in [5.41, 5.74) is 0.501. The van der Waals surface area contributed by atoms with E-state index in [9.17, 15) is 4.79 Å². The van der Waals surface area contributed by atoms with Crippen LogP contribution in [0, 0.1) is 3.70 Å². The van der Waals surface area contributed by atoms with Crippen LogP contribution in [0.5, 0.6) is 0 Å². The molecule has 1 aliphatic heterocycles. The smallest absolute Gasteiger partial charge is 0.318 e. The Balaban J connectivity index is 2.35. The van der Waals surface area contributed by atoms with Crippen LogP contribution in [0.3, 0.4) is 0 Å². The van der Waals surface area contributed by atoms with E-state index < -0.39 is 0 Å². The quantitative estimate of drug-likeness (QED) is 0.794. The molecule has 1 aliphatic rings. The molecule has 1 N–H and O–H groups in total. The van der Waals surface area contributed by atoms with Gasteiger partial charge in [0.25, 0.3) is 0 Å². The number of urea groups is 1. The van der Waals surface area contributed by atoms with Gasteiger partial charge in [-0.05, 0) is 48.6 Å². The molecule has 0 spiro atoms. The lowest BCUT2D eigenvalue weighted by molar-refractivity contribution is 0.187. The Labute approximate surface area is 108 Å². The van der Waals surface area contributed by atoms with Crippen molar-refractivity contribution in [3.05, 3.63) is 21.5 Å². The summed E-state index contributed by atoms with van der Waals surface area (Å²) in [6.45, 7) is 4.02. The van der Waals surface area contributed by atoms with Crippen LogP contribution >= 0.6 is 22.6 Å². The molecule has 86 valence electrons. The summed E-state index contributed by atoms with van der Waals surface area (Å²) in [6.07, 6.45) is 0. The van der Waals surface area contributed by atoms with Crippen LogP contribution < -0.4 is 5.32 Å². The predicted molar refractivity (Wildman–Crippen MR) is 67.9 cm³/mol. The lowest BCUT2D eigenvalue weighted by Gasteiger charge is -2.30. The third-order valence-corrected chi connectivity index (χ3v) is 3.67. The Morgan fingerprint density at radius 1 is 1.44 bits per heavy atom. The first-order valence-electron chi connectivity index (χ1n) is 4.96. The van der Waals surface area contributed by atoms with Crippen molar-refractivity contribution in [2.24, 2.45) is 0 Å². The number of aromatic nitrogens is 2. The number of carbonyl (C=O) groups excluding carboxylic acids is 1. The highest BCUT2D eigenvalue weighted by molar-refractivity contribution is 14.1. The molecular formula is C10H13IN4O. The molecule has 1 unspecified atom stereocenters. The van der Waals surface area contributed by atoms with Gasteiger partial charge in [0.15, 0.2) is 0 Å². The summed E-state index contributed by atoms with van der Waals surface area (Å²) in [5, 5.41) is 11.0. The Morgan fingerprint density at radius 3 is 2.56 bits per heavy atom. The van der Waals surface area contributed by atoms with E-state index in [0.717, 1.165) is 9.39 Å². The van der Waals surface area contributed by atoms with E-state index in [4.69, 9.17) is 0 Å². The summed E-state index contributed by atoms with van der Waals surface area (Å²) < 4.78 is 0.844. The highest BCUT2D eigenvalue weighted by Crippen LogP contribution is 2.33. The summed E-state index contributed by atoms with van der Waals surface area (Å²) in [7, 11) is 1.79. The molecule has 6 heteroatoms. The van der Waals surface area contributed by atoms with Gasteiger partial charge < -0.3 is 10.2 Å². The molecule has 0 saturated carbocycles. The highest BCUT2D eigenvalue weighted by Gasteiger charge is 2.45. The van der Waals surface area contributed by atoms with E-state index in [1.165, 1.54) is 0 Å². The number of nitrogens with one attached hydrogen (secondary N) is 1. The average molecular weight is 332 g/mol. The summed E-state index contributed by atoms with van der Waals surface area (Å²) >= 11 is 2.11. The van der Waals surface area contributed by atoms with Crippen molar-refractivity contribution in [1.29, 1.82) is 0 Å².